The van der Waals surface area contributed by atoms with Crippen molar-refractivity contribution >= 4 is 11.8 Å². The number of alkyl halides is 3. The van der Waals surface area contributed by atoms with E-state index in [9.17, 15) is 22.8 Å². The van der Waals surface area contributed by atoms with E-state index in [-0.39, 0.29) is 12.5 Å². The number of rotatable bonds is 4. The molecule has 2 saturated heterocycles. The van der Waals surface area contributed by atoms with Crippen molar-refractivity contribution < 1.29 is 22.8 Å². The van der Waals surface area contributed by atoms with Gasteiger partial charge in [-0.2, -0.15) is 13.2 Å². The average molecular weight is 397 g/mol. The number of hydrogen-bond donors (Lipinski definition) is 0. The minimum absolute atomic E-state index is 0.0111. The molecule has 0 spiro atoms. The van der Waals surface area contributed by atoms with Gasteiger partial charge < -0.3 is 9.80 Å². The average Bonchev–Trinajstić information content (AvgIpc) is 3.16. The number of piperazine rings is 1. The summed E-state index contributed by atoms with van der Waals surface area (Å²) in [5.74, 6) is -2.26. The maximum Gasteiger partial charge on any atom is 0.471 e. The number of nitrogens with zero attached hydrogens (tertiary/aromatic N) is 3. The Morgan fingerprint density at radius 1 is 1.07 bits per heavy atom. The van der Waals surface area contributed by atoms with Crippen LogP contribution in [0.2, 0.25) is 0 Å². The maximum absolute atomic E-state index is 12.8. The molecule has 2 fully saturated rings. The van der Waals surface area contributed by atoms with Crippen LogP contribution < -0.4 is 0 Å². The van der Waals surface area contributed by atoms with Gasteiger partial charge in [-0.3, -0.25) is 14.5 Å². The molecule has 154 valence electrons. The van der Waals surface area contributed by atoms with E-state index in [1.807, 2.05) is 18.2 Å². The molecular weight excluding hydrogens is 371 g/mol. The molecule has 2 atom stereocenters. The van der Waals surface area contributed by atoms with Gasteiger partial charge in [0.1, 0.15) is 6.04 Å². The molecule has 2 unspecified atom stereocenters. The fourth-order valence-corrected chi connectivity index (χ4v) is 4.11. The van der Waals surface area contributed by atoms with Crippen molar-refractivity contribution in [3.8, 4) is 0 Å². The molecule has 2 heterocycles. The lowest BCUT2D eigenvalue weighted by molar-refractivity contribution is -0.187. The lowest BCUT2D eigenvalue weighted by atomic mass is 10.1. The van der Waals surface area contributed by atoms with E-state index in [1.165, 1.54) is 5.56 Å². The second-order valence-corrected chi connectivity index (χ2v) is 7.55. The summed E-state index contributed by atoms with van der Waals surface area (Å²) in [6, 6.07) is 9.50. The van der Waals surface area contributed by atoms with Crippen LogP contribution in [0.25, 0.3) is 0 Å². The van der Waals surface area contributed by atoms with Gasteiger partial charge in [-0.1, -0.05) is 30.3 Å². The molecule has 0 bridgehead atoms. The third kappa shape index (κ3) is 4.66. The molecule has 2 amide bonds. The monoisotopic (exact) mass is 397 g/mol. The Bertz CT molecular complexity index is 688. The predicted octanol–water partition coefficient (Wildman–Crippen LogP) is 2.32. The maximum atomic E-state index is 12.8. The fourth-order valence-electron chi connectivity index (χ4n) is 4.11. The first kappa shape index (κ1) is 20.6. The quantitative estimate of drug-likeness (QED) is 0.783. The van der Waals surface area contributed by atoms with Gasteiger partial charge in [-0.05, 0) is 31.7 Å². The normalized spacial score (nSPS) is 22.4. The molecule has 2 aliphatic heterocycles. The Hall–Kier alpha value is -2.09. The van der Waals surface area contributed by atoms with Crippen molar-refractivity contribution in [2.75, 3.05) is 32.7 Å². The Morgan fingerprint density at radius 3 is 2.32 bits per heavy atom. The molecule has 28 heavy (non-hydrogen) atoms. The van der Waals surface area contributed by atoms with Gasteiger partial charge in [-0.15, -0.1) is 0 Å². The third-order valence-corrected chi connectivity index (χ3v) is 5.66. The van der Waals surface area contributed by atoms with E-state index >= 15 is 0 Å². The largest absolute Gasteiger partial charge is 0.471 e. The van der Waals surface area contributed by atoms with Gasteiger partial charge in [0.2, 0.25) is 5.91 Å². The van der Waals surface area contributed by atoms with Crippen molar-refractivity contribution in [3.63, 3.8) is 0 Å². The van der Waals surface area contributed by atoms with Crippen molar-refractivity contribution in [1.29, 1.82) is 0 Å². The van der Waals surface area contributed by atoms with Gasteiger partial charge >= 0.3 is 12.1 Å². The second kappa shape index (κ2) is 8.51. The zero-order valence-electron chi connectivity index (χ0n) is 16.0. The standard InChI is InChI=1S/C20H26F3N3O2/c1-15(14-16-6-3-2-4-7-16)24-10-12-25(13-11-24)18(27)17-8-5-9-26(17)19(28)20(21,22)23/h2-4,6-7,15,17H,5,8-14H2,1H3. The Balaban J connectivity index is 1.54. The van der Waals surface area contributed by atoms with E-state index in [0.29, 0.717) is 50.0 Å². The lowest BCUT2D eigenvalue weighted by Gasteiger charge is -2.40. The molecule has 0 aliphatic carbocycles. The molecule has 8 heteroatoms. The minimum atomic E-state index is -4.94. The van der Waals surface area contributed by atoms with Crippen LogP contribution in [0.1, 0.15) is 25.3 Å². The summed E-state index contributed by atoms with van der Waals surface area (Å²) in [5, 5.41) is 0. The van der Waals surface area contributed by atoms with Crippen molar-refractivity contribution in [2.45, 2.75) is 44.4 Å². The first-order chi connectivity index (χ1) is 13.3. The number of carbonyl (C=O) groups excluding carboxylic acids is 2. The zero-order chi connectivity index (χ0) is 20.3. The SMILES string of the molecule is CC(Cc1ccccc1)N1CCN(C(=O)C2CCCN2C(=O)C(F)(F)F)CC1. The third-order valence-electron chi connectivity index (χ3n) is 5.66. The summed E-state index contributed by atoms with van der Waals surface area (Å²) in [4.78, 5) is 29.0. The van der Waals surface area contributed by atoms with Crippen LogP contribution in [0.15, 0.2) is 30.3 Å². The van der Waals surface area contributed by atoms with E-state index < -0.39 is 18.1 Å². The molecule has 2 aliphatic rings. The zero-order valence-corrected chi connectivity index (χ0v) is 16.0. The summed E-state index contributed by atoms with van der Waals surface area (Å²) in [5.41, 5.74) is 1.25. The molecule has 5 nitrogen and oxygen atoms in total. The van der Waals surface area contributed by atoms with Crippen LogP contribution in [-0.4, -0.2) is 77.5 Å². The van der Waals surface area contributed by atoms with Crippen molar-refractivity contribution in [2.24, 2.45) is 0 Å². The number of halogens is 3. The smallest absolute Gasteiger partial charge is 0.338 e. The molecular formula is C20H26F3N3O2. The van der Waals surface area contributed by atoms with E-state index in [2.05, 4.69) is 24.0 Å². The van der Waals surface area contributed by atoms with Crippen LogP contribution in [-0.2, 0) is 16.0 Å². The van der Waals surface area contributed by atoms with E-state index in [0.717, 1.165) is 6.42 Å². The van der Waals surface area contributed by atoms with Gasteiger partial charge in [0.05, 0.1) is 0 Å². The van der Waals surface area contributed by atoms with Gasteiger partial charge in [-0.25, -0.2) is 0 Å². The van der Waals surface area contributed by atoms with Crippen molar-refractivity contribution in [3.05, 3.63) is 35.9 Å². The number of benzene rings is 1. The number of carbonyl (C=O) groups is 2. The Kier molecular flexibility index (Phi) is 6.27. The van der Waals surface area contributed by atoms with E-state index in [4.69, 9.17) is 0 Å². The number of likely N-dealkylation sites (tertiary alicyclic amines) is 1. The predicted molar refractivity (Wildman–Crippen MR) is 98.6 cm³/mol. The van der Waals surface area contributed by atoms with Crippen LogP contribution in [0.5, 0.6) is 0 Å². The summed E-state index contributed by atoms with van der Waals surface area (Å²) in [7, 11) is 0. The Labute approximate surface area is 163 Å². The van der Waals surface area contributed by atoms with Crippen molar-refractivity contribution in [1.82, 2.24) is 14.7 Å². The molecule has 1 aromatic rings. The topological polar surface area (TPSA) is 43.9 Å². The first-order valence-corrected chi connectivity index (χ1v) is 9.72. The minimum Gasteiger partial charge on any atom is -0.338 e. The fraction of sp³-hybridized carbons (Fsp3) is 0.600. The summed E-state index contributed by atoms with van der Waals surface area (Å²) >= 11 is 0. The summed E-state index contributed by atoms with van der Waals surface area (Å²) in [6.07, 6.45) is -3.31. The highest BCUT2D eigenvalue weighted by atomic mass is 19.4. The van der Waals surface area contributed by atoms with E-state index in [1.54, 1.807) is 4.90 Å². The summed E-state index contributed by atoms with van der Waals surface area (Å²) < 4.78 is 38.3. The van der Waals surface area contributed by atoms with Crippen LogP contribution >= 0.6 is 0 Å². The van der Waals surface area contributed by atoms with Gasteiger partial charge in [0, 0.05) is 38.8 Å². The van der Waals surface area contributed by atoms with Gasteiger partial charge in [0.15, 0.2) is 0 Å². The van der Waals surface area contributed by atoms with Crippen LogP contribution in [0.4, 0.5) is 13.2 Å². The summed E-state index contributed by atoms with van der Waals surface area (Å²) in [6.45, 7) is 4.44. The van der Waals surface area contributed by atoms with Gasteiger partial charge in [0.25, 0.3) is 0 Å². The molecule has 3 rings (SSSR count). The number of amides is 2. The molecule has 1 aromatic carbocycles. The second-order valence-electron chi connectivity index (χ2n) is 7.55. The van der Waals surface area contributed by atoms with Crippen LogP contribution in [0, 0.1) is 0 Å². The molecule has 0 aromatic heterocycles. The first-order valence-electron chi connectivity index (χ1n) is 9.72. The highest BCUT2D eigenvalue weighted by molar-refractivity contribution is 5.90. The molecule has 0 N–H and O–H groups in total. The van der Waals surface area contributed by atoms with Crippen LogP contribution in [0.3, 0.4) is 0 Å². The molecule has 0 radical (unpaired) electrons. The number of hydrogen-bond acceptors (Lipinski definition) is 3. The highest BCUT2D eigenvalue weighted by Crippen LogP contribution is 2.27. The Morgan fingerprint density at radius 2 is 1.71 bits per heavy atom. The highest BCUT2D eigenvalue weighted by Gasteiger charge is 2.48. The lowest BCUT2D eigenvalue weighted by Crippen LogP contribution is -2.57. The molecule has 0 saturated carbocycles.